The lowest BCUT2D eigenvalue weighted by Crippen LogP contribution is -1.96. The summed E-state index contributed by atoms with van der Waals surface area (Å²) < 4.78 is 1.61. The van der Waals surface area contributed by atoms with Crippen LogP contribution in [0.4, 0.5) is 5.95 Å². The van der Waals surface area contributed by atoms with Crippen LogP contribution in [0.2, 0.25) is 0 Å². The Hall–Kier alpha value is -1.57. The highest BCUT2D eigenvalue weighted by Crippen LogP contribution is 1.94. The molecular weight excluding hydrogens is 118 g/mol. The molecule has 0 aliphatic rings. The predicted octanol–water partition coefficient (Wildman–Crippen LogP) is -0.292. The van der Waals surface area contributed by atoms with Gasteiger partial charge >= 0.3 is 0 Å². The highest BCUT2D eigenvalue weighted by atomic mass is 15.3. The number of anilines is 1. The largest absolute Gasteiger partial charge is 0.302 e. The van der Waals surface area contributed by atoms with E-state index in [4.69, 9.17) is 5.26 Å². The summed E-state index contributed by atoms with van der Waals surface area (Å²) in [6.07, 6.45) is 3.25. The molecule has 0 bridgehead atoms. The van der Waals surface area contributed by atoms with Crippen molar-refractivity contribution in [3.05, 3.63) is 6.33 Å². The Morgan fingerprint density at radius 2 is 2.67 bits per heavy atom. The minimum Gasteiger partial charge on any atom is -0.302 e. The van der Waals surface area contributed by atoms with Crippen molar-refractivity contribution in [1.29, 1.82) is 5.26 Å². The lowest BCUT2D eigenvalue weighted by molar-refractivity contribution is 0.919. The van der Waals surface area contributed by atoms with Gasteiger partial charge in [-0.25, -0.2) is 0 Å². The van der Waals surface area contributed by atoms with E-state index in [-0.39, 0.29) is 0 Å². The van der Waals surface area contributed by atoms with E-state index in [0.29, 0.717) is 5.95 Å². The van der Waals surface area contributed by atoms with Crippen LogP contribution in [0, 0.1) is 11.5 Å². The Balaban J connectivity index is 2.84. The molecule has 0 saturated carbocycles. The third-order valence-corrected chi connectivity index (χ3v) is 0.879. The maximum atomic E-state index is 8.12. The van der Waals surface area contributed by atoms with Crippen LogP contribution < -0.4 is 5.32 Å². The molecule has 0 fully saturated rings. The van der Waals surface area contributed by atoms with E-state index >= 15 is 0 Å². The van der Waals surface area contributed by atoms with Crippen LogP contribution in [0.1, 0.15) is 0 Å². The van der Waals surface area contributed by atoms with Crippen LogP contribution in [-0.4, -0.2) is 14.8 Å². The van der Waals surface area contributed by atoms with Crippen molar-refractivity contribution < 1.29 is 0 Å². The summed E-state index contributed by atoms with van der Waals surface area (Å²) in [5.41, 5.74) is 0. The Bertz CT molecular complexity index is 231. The molecule has 0 spiro atoms. The van der Waals surface area contributed by atoms with Crippen LogP contribution in [0.25, 0.3) is 0 Å². The number of hydrogen-bond donors (Lipinski definition) is 1. The summed E-state index contributed by atoms with van der Waals surface area (Å²) in [6, 6.07) is 0. The van der Waals surface area contributed by atoms with Gasteiger partial charge < -0.3 is 4.57 Å². The molecule has 0 radical (unpaired) electrons. The first-order valence-electron chi connectivity index (χ1n) is 2.33. The van der Waals surface area contributed by atoms with Crippen LogP contribution in [0.15, 0.2) is 6.33 Å². The lowest BCUT2D eigenvalue weighted by Gasteiger charge is -1.91. The number of hydrogen-bond acceptors (Lipinski definition) is 4. The highest BCUT2D eigenvalue weighted by molar-refractivity contribution is 5.28. The molecule has 1 aromatic heterocycles. The van der Waals surface area contributed by atoms with Gasteiger partial charge in [0.1, 0.15) is 6.33 Å². The number of rotatable bonds is 1. The summed E-state index contributed by atoms with van der Waals surface area (Å²) in [4.78, 5) is 0. The zero-order valence-corrected chi connectivity index (χ0v) is 4.87. The Labute approximate surface area is 51.9 Å². The van der Waals surface area contributed by atoms with E-state index in [9.17, 15) is 0 Å². The summed E-state index contributed by atoms with van der Waals surface area (Å²) in [5.74, 6) is 0.456. The average Bonchev–Trinajstić information content (AvgIpc) is 2.18. The quantitative estimate of drug-likeness (QED) is 0.411. The van der Waals surface area contributed by atoms with Gasteiger partial charge in [0.25, 0.3) is 0 Å². The van der Waals surface area contributed by atoms with E-state index in [0.717, 1.165) is 0 Å². The molecule has 1 rings (SSSR count). The van der Waals surface area contributed by atoms with Gasteiger partial charge in [-0.3, -0.25) is 5.32 Å². The maximum Gasteiger partial charge on any atom is 0.237 e. The summed E-state index contributed by atoms with van der Waals surface area (Å²) in [6.45, 7) is 0. The van der Waals surface area contributed by atoms with Gasteiger partial charge in [-0.05, 0) is 0 Å². The highest BCUT2D eigenvalue weighted by Gasteiger charge is 1.94. The van der Waals surface area contributed by atoms with E-state index in [1.807, 2.05) is 0 Å². The molecule has 9 heavy (non-hydrogen) atoms. The van der Waals surface area contributed by atoms with Crippen molar-refractivity contribution in [2.75, 3.05) is 5.32 Å². The van der Waals surface area contributed by atoms with E-state index in [2.05, 4.69) is 15.5 Å². The van der Waals surface area contributed by atoms with Gasteiger partial charge in [-0.15, -0.1) is 10.2 Å². The molecule has 0 atom stereocenters. The summed E-state index contributed by atoms with van der Waals surface area (Å²) in [5, 5.41) is 17.6. The van der Waals surface area contributed by atoms with Gasteiger partial charge in [0.05, 0.1) is 0 Å². The standard InChI is InChI=1S/C4H5N5/c1-9-3-7-8-4(9)6-2-5/h3H,1H3,(H,6,8). The topological polar surface area (TPSA) is 66.5 Å². The fourth-order valence-corrected chi connectivity index (χ4v) is 0.446. The first-order chi connectivity index (χ1) is 4.34. The van der Waals surface area contributed by atoms with E-state index < -0.39 is 0 Å². The number of aryl methyl sites for hydroxylation is 1. The molecule has 0 saturated heterocycles. The minimum atomic E-state index is 0.456. The van der Waals surface area contributed by atoms with Gasteiger partial charge in [-0.1, -0.05) is 0 Å². The molecule has 5 nitrogen and oxygen atoms in total. The molecule has 0 unspecified atom stereocenters. The number of nitriles is 1. The minimum absolute atomic E-state index is 0.456. The van der Waals surface area contributed by atoms with Crippen molar-refractivity contribution in [2.24, 2.45) is 7.05 Å². The molecular formula is C4H5N5. The van der Waals surface area contributed by atoms with Crippen LogP contribution in [0.5, 0.6) is 0 Å². The fraction of sp³-hybridized carbons (Fsp3) is 0.250. The molecule has 5 heteroatoms. The Morgan fingerprint density at radius 3 is 3.11 bits per heavy atom. The van der Waals surface area contributed by atoms with Crippen LogP contribution in [-0.2, 0) is 7.05 Å². The second kappa shape index (κ2) is 2.13. The zero-order valence-electron chi connectivity index (χ0n) is 4.87. The van der Waals surface area contributed by atoms with Crippen LogP contribution in [0.3, 0.4) is 0 Å². The molecule has 46 valence electrons. The third-order valence-electron chi connectivity index (χ3n) is 0.879. The van der Waals surface area contributed by atoms with Gasteiger partial charge in [-0.2, -0.15) is 5.26 Å². The van der Waals surface area contributed by atoms with Gasteiger partial charge in [0.2, 0.25) is 5.95 Å². The van der Waals surface area contributed by atoms with Crippen molar-refractivity contribution in [3.8, 4) is 6.19 Å². The number of aromatic nitrogens is 3. The first-order valence-corrected chi connectivity index (χ1v) is 2.33. The zero-order chi connectivity index (χ0) is 6.69. The molecule has 0 aliphatic carbocycles. The summed E-state index contributed by atoms with van der Waals surface area (Å²) in [7, 11) is 1.75. The van der Waals surface area contributed by atoms with Crippen molar-refractivity contribution in [2.45, 2.75) is 0 Å². The second-order valence-electron chi connectivity index (χ2n) is 1.50. The number of nitrogens with zero attached hydrogens (tertiary/aromatic N) is 4. The molecule has 0 amide bonds. The molecule has 0 aromatic carbocycles. The predicted molar refractivity (Wildman–Crippen MR) is 30.2 cm³/mol. The monoisotopic (exact) mass is 123 g/mol. The van der Waals surface area contributed by atoms with E-state index in [1.165, 1.54) is 6.33 Å². The fourth-order valence-electron chi connectivity index (χ4n) is 0.446. The Morgan fingerprint density at radius 1 is 1.89 bits per heavy atom. The first kappa shape index (κ1) is 5.56. The molecule has 0 aliphatic heterocycles. The normalized spacial score (nSPS) is 8.44. The summed E-state index contributed by atoms with van der Waals surface area (Å²) >= 11 is 0. The average molecular weight is 123 g/mol. The molecule has 1 N–H and O–H groups in total. The van der Waals surface area contributed by atoms with Crippen molar-refractivity contribution >= 4 is 5.95 Å². The lowest BCUT2D eigenvalue weighted by atomic mass is 10.9. The van der Waals surface area contributed by atoms with E-state index in [1.54, 1.807) is 17.8 Å². The van der Waals surface area contributed by atoms with Gasteiger partial charge in [0.15, 0.2) is 6.19 Å². The van der Waals surface area contributed by atoms with Gasteiger partial charge in [0, 0.05) is 7.05 Å². The van der Waals surface area contributed by atoms with Crippen molar-refractivity contribution in [3.63, 3.8) is 0 Å². The number of nitrogens with one attached hydrogen (secondary N) is 1. The second-order valence-corrected chi connectivity index (χ2v) is 1.50. The Kier molecular flexibility index (Phi) is 1.32. The van der Waals surface area contributed by atoms with Crippen molar-refractivity contribution in [1.82, 2.24) is 14.8 Å². The smallest absolute Gasteiger partial charge is 0.237 e. The molecule has 1 heterocycles. The molecule has 1 aromatic rings. The third kappa shape index (κ3) is 0.966. The maximum absolute atomic E-state index is 8.12. The SMILES string of the molecule is Cn1cnnc1NC#N. The van der Waals surface area contributed by atoms with Crippen LogP contribution >= 0.6 is 0 Å².